The number of aliphatic hydroxyl groups is 1. The van der Waals surface area contributed by atoms with Gasteiger partial charge in [0.15, 0.2) is 0 Å². The van der Waals surface area contributed by atoms with E-state index in [9.17, 15) is 9.90 Å². The number of nitrogens with zero attached hydrogens (tertiary/aromatic N) is 3. The number of carbonyl (C=O) groups excluding carboxylic acids is 1. The zero-order chi connectivity index (χ0) is 19.5. The molecule has 1 aromatic heterocycles. The molecule has 6 heteroatoms. The number of likely N-dealkylation sites (tertiary alicyclic amines) is 1. The van der Waals surface area contributed by atoms with Crippen LogP contribution >= 0.6 is 0 Å². The van der Waals surface area contributed by atoms with Crippen molar-refractivity contribution in [1.29, 1.82) is 0 Å². The molecule has 0 aliphatic carbocycles. The van der Waals surface area contributed by atoms with E-state index in [1.807, 2.05) is 53.8 Å². The van der Waals surface area contributed by atoms with Crippen molar-refractivity contribution in [2.75, 3.05) is 19.7 Å². The quantitative estimate of drug-likeness (QED) is 0.880. The van der Waals surface area contributed by atoms with Crippen LogP contribution in [0.1, 0.15) is 29.8 Å². The van der Waals surface area contributed by atoms with Crippen LogP contribution in [0.2, 0.25) is 0 Å². The average Bonchev–Trinajstić information content (AvgIpc) is 3.43. The van der Waals surface area contributed by atoms with Gasteiger partial charge < -0.3 is 14.7 Å². The first-order chi connectivity index (χ1) is 13.5. The highest BCUT2D eigenvalue weighted by Crippen LogP contribution is 2.54. The molecular formula is C22H27N3O3. The van der Waals surface area contributed by atoms with E-state index in [2.05, 4.69) is 5.10 Å². The summed E-state index contributed by atoms with van der Waals surface area (Å²) in [7, 11) is 0. The Bertz CT molecular complexity index is 909. The van der Waals surface area contributed by atoms with E-state index in [1.54, 1.807) is 0 Å². The molecule has 3 saturated heterocycles. The molecule has 1 amide bonds. The lowest BCUT2D eigenvalue weighted by molar-refractivity contribution is -0.131. The zero-order valence-electron chi connectivity index (χ0n) is 16.5. The molecule has 1 N–H and O–H groups in total. The maximum atomic E-state index is 13.1. The van der Waals surface area contributed by atoms with Gasteiger partial charge in [0.1, 0.15) is 0 Å². The van der Waals surface area contributed by atoms with Gasteiger partial charge in [0.05, 0.1) is 36.1 Å². The monoisotopic (exact) mass is 381 g/mol. The maximum Gasteiger partial charge on any atom is 0.227 e. The van der Waals surface area contributed by atoms with Crippen molar-refractivity contribution in [3.63, 3.8) is 0 Å². The minimum atomic E-state index is -0.216. The molecule has 2 bridgehead atoms. The molecular weight excluding hydrogens is 354 g/mol. The number of ether oxygens (including phenoxy) is 1. The predicted octanol–water partition coefficient (Wildman–Crippen LogP) is 2.03. The third-order valence-electron chi connectivity index (χ3n) is 7.12. The van der Waals surface area contributed by atoms with Crippen LogP contribution in [-0.2, 0) is 16.0 Å². The molecule has 2 aromatic rings. The lowest BCUT2D eigenvalue weighted by Crippen LogP contribution is -2.38. The molecule has 148 valence electrons. The molecule has 0 radical (unpaired) electrons. The normalized spacial score (nSPS) is 30.8. The largest absolute Gasteiger partial charge is 0.396 e. The number of amides is 1. The summed E-state index contributed by atoms with van der Waals surface area (Å²) in [6.07, 6.45) is 2.56. The van der Waals surface area contributed by atoms with Gasteiger partial charge in [-0.25, -0.2) is 4.68 Å². The van der Waals surface area contributed by atoms with E-state index in [1.165, 1.54) is 0 Å². The Morgan fingerprint density at radius 1 is 1.32 bits per heavy atom. The summed E-state index contributed by atoms with van der Waals surface area (Å²) in [6.45, 7) is 5.51. The number of hydrogen-bond donors (Lipinski definition) is 1. The van der Waals surface area contributed by atoms with Crippen molar-refractivity contribution in [2.24, 2.45) is 11.8 Å². The zero-order valence-corrected chi connectivity index (χ0v) is 16.5. The Morgan fingerprint density at radius 3 is 2.86 bits per heavy atom. The number of benzene rings is 1. The Kier molecular flexibility index (Phi) is 4.10. The molecule has 5 rings (SSSR count). The Hall–Kier alpha value is -2.18. The Morgan fingerprint density at radius 2 is 2.11 bits per heavy atom. The Labute approximate surface area is 165 Å². The minimum absolute atomic E-state index is 0.131. The van der Waals surface area contributed by atoms with E-state index in [4.69, 9.17) is 4.74 Å². The number of aliphatic hydroxyl groups excluding tert-OH is 1. The van der Waals surface area contributed by atoms with Crippen molar-refractivity contribution < 1.29 is 14.6 Å². The van der Waals surface area contributed by atoms with Crippen LogP contribution in [-0.4, -0.2) is 57.1 Å². The van der Waals surface area contributed by atoms with E-state index >= 15 is 0 Å². The van der Waals surface area contributed by atoms with E-state index in [0.717, 1.165) is 35.5 Å². The van der Waals surface area contributed by atoms with Crippen LogP contribution in [0.25, 0.3) is 5.69 Å². The van der Waals surface area contributed by atoms with Crippen LogP contribution in [0.3, 0.4) is 0 Å². The summed E-state index contributed by atoms with van der Waals surface area (Å²) in [6, 6.07) is 10.0. The first-order valence-corrected chi connectivity index (χ1v) is 10.2. The number of fused-ring (bicyclic) bond motifs is 1. The Balaban J connectivity index is 1.35. The number of carbonyl (C=O) groups is 1. The fraction of sp³-hybridized carbons (Fsp3) is 0.545. The summed E-state index contributed by atoms with van der Waals surface area (Å²) in [5.41, 5.74) is 3.71. The second kappa shape index (κ2) is 6.42. The third kappa shape index (κ3) is 2.54. The van der Waals surface area contributed by atoms with Crippen molar-refractivity contribution >= 4 is 5.91 Å². The first kappa shape index (κ1) is 17.9. The maximum absolute atomic E-state index is 13.1. The van der Waals surface area contributed by atoms with Gasteiger partial charge >= 0.3 is 0 Å². The molecule has 3 aliphatic rings. The predicted molar refractivity (Wildman–Crippen MR) is 104 cm³/mol. The van der Waals surface area contributed by atoms with Gasteiger partial charge in [0, 0.05) is 36.2 Å². The van der Waals surface area contributed by atoms with Gasteiger partial charge in [-0.2, -0.15) is 5.10 Å². The SMILES string of the molecule is Cc1nn(-c2ccccc2)c(C)c1CC(=O)N1C[C@@H]2[C@H](CO)[C@H]3CC[C@]2(C1)O3. The van der Waals surface area contributed by atoms with Gasteiger partial charge in [0.2, 0.25) is 5.91 Å². The first-order valence-electron chi connectivity index (χ1n) is 10.2. The molecule has 1 spiro atoms. The average molecular weight is 381 g/mol. The fourth-order valence-electron chi connectivity index (χ4n) is 5.64. The molecule has 3 fully saturated rings. The second-order valence-corrected chi connectivity index (χ2v) is 8.56. The van der Waals surface area contributed by atoms with E-state index < -0.39 is 0 Å². The summed E-state index contributed by atoms with van der Waals surface area (Å²) in [5, 5.41) is 14.4. The third-order valence-corrected chi connectivity index (χ3v) is 7.12. The van der Waals surface area contributed by atoms with Gasteiger partial charge in [-0.1, -0.05) is 18.2 Å². The van der Waals surface area contributed by atoms with E-state index in [-0.39, 0.29) is 36.1 Å². The van der Waals surface area contributed by atoms with Gasteiger partial charge in [-0.3, -0.25) is 4.79 Å². The summed E-state index contributed by atoms with van der Waals surface area (Å²) < 4.78 is 8.18. The smallest absolute Gasteiger partial charge is 0.227 e. The van der Waals surface area contributed by atoms with Crippen LogP contribution < -0.4 is 0 Å². The standard InChI is InChI=1S/C22H27N3O3/c1-14-17(15(2)25(23-14)16-6-4-3-5-7-16)10-21(27)24-11-19-18(12-26)20-8-9-22(19,13-24)28-20/h3-7,18-20,26H,8-13H2,1-2H3/t18-,19+,20+,22+/m0/s1. The van der Waals surface area contributed by atoms with Crippen LogP contribution in [0.4, 0.5) is 0 Å². The lowest BCUT2D eigenvalue weighted by atomic mass is 9.74. The summed E-state index contributed by atoms with van der Waals surface area (Å²) in [5.74, 6) is 0.580. The molecule has 6 nitrogen and oxygen atoms in total. The van der Waals surface area contributed by atoms with Gasteiger partial charge in [0.25, 0.3) is 0 Å². The van der Waals surface area contributed by atoms with Crippen LogP contribution in [0.15, 0.2) is 30.3 Å². The fourth-order valence-corrected chi connectivity index (χ4v) is 5.64. The van der Waals surface area contributed by atoms with E-state index in [0.29, 0.717) is 19.5 Å². The number of para-hydroxylation sites is 1. The molecule has 0 saturated carbocycles. The highest BCUT2D eigenvalue weighted by atomic mass is 16.5. The molecule has 3 aliphatic heterocycles. The highest BCUT2D eigenvalue weighted by Gasteiger charge is 2.63. The van der Waals surface area contributed by atoms with Crippen molar-refractivity contribution in [1.82, 2.24) is 14.7 Å². The number of rotatable bonds is 4. The number of aryl methyl sites for hydroxylation is 1. The van der Waals surface area contributed by atoms with Gasteiger partial charge in [-0.15, -0.1) is 0 Å². The lowest BCUT2D eigenvalue weighted by Gasteiger charge is -2.27. The molecule has 0 unspecified atom stereocenters. The molecule has 1 aromatic carbocycles. The minimum Gasteiger partial charge on any atom is -0.396 e. The second-order valence-electron chi connectivity index (χ2n) is 8.56. The highest BCUT2D eigenvalue weighted by molar-refractivity contribution is 5.80. The molecule has 4 atom stereocenters. The summed E-state index contributed by atoms with van der Waals surface area (Å²) >= 11 is 0. The van der Waals surface area contributed by atoms with Crippen molar-refractivity contribution in [3.8, 4) is 5.69 Å². The summed E-state index contributed by atoms with van der Waals surface area (Å²) in [4.78, 5) is 15.1. The molecule has 28 heavy (non-hydrogen) atoms. The van der Waals surface area contributed by atoms with Crippen LogP contribution in [0.5, 0.6) is 0 Å². The van der Waals surface area contributed by atoms with Crippen molar-refractivity contribution in [2.45, 2.75) is 44.8 Å². The molecule has 4 heterocycles. The van der Waals surface area contributed by atoms with Crippen LogP contribution in [0, 0.1) is 25.7 Å². The number of aromatic nitrogens is 2. The van der Waals surface area contributed by atoms with Crippen molar-refractivity contribution in [3.05, 3.63) is 47.3 Å². The topological polar surface area (TPSA) is 67.6 Å². The van der Waals surface area contributed by atoms with Gasteiger partial charge in [-0.05, 0) is 38.8 Å². The number of hydrogen-bond acceptors (Lipinski definition) is 4.